The second-order valence-electron chi connectivity index (χ2n) is 5.42. The minimum atomic E-state index is -4.54. The summed E-state index contributed by atoms with van der Waals surface area (Å²) >= 11 is 5.80. The van der Waals surface area contributed by atoms with Crippen LogP contribution in [0, 0.1) is 0 Å². The molecule has 1 aliphatic rings. The van der Waals surface area contributed by atoms with Crippen LogP contribution in [-0.2, 0) is 11.0 Å². The molecular formula is C16H13ClF3N5O. The topological polar surface area (TPSA) is 70.2 Å². The van der Waals surface area contributed by atoms with Crippen LogP contribution < -0.4 is 15.8 Å². The maximum Gasteiger partial charge on any atom is 0.417 e. The Kier molecular flexibility index (Phi) is 4.99. The Hall–Kier alpha value is -2.81. The molecule has 26 heavy (non-hydrogen) atoms. The number of carbonyl (C=O) groups excluding carboxylic acids is 1. The summed E-state index contributed by atoms with van der Waals surface area (Å²) < 4.78 is 37.8. The van der Waals surface area contributed by atoms with Gasteiger partial charge in [-0.2, -0.15) is 13.2 Å². The molecule has 0 fully saturated rings. The van der Waals surface area contributed by atoms with Crippen LogP contribution in [0.25, 0.3) is 0 Å². The number of nitrogens with zero attached hydrogens (tertiary/aromatic N) is 3. The fraction of sp³-hybridized carbons (Fsp3) is 0.188. The molecule has 0 saturated carbocycles. The monoisotopic (exact) mass is 383 g/mol. The number of aromatic nitrogens is 2. The largest absolute Gasteiger partial charge is 0.417 e. The number of hydrogen-bond donors (Lipinski definition) is 2. The minimum absolute atomic E-state index is 0.0746. The lowest BCUT2D eigenvalue weighted by Gasteiger charge is -2.25. The summed E-state index contributed by atoms with van der Waals surface area (Å²) in [5, 5.41) is -0.254. The zero-order valence-corrected chi connectivity index (χ0v) is 13.9. The van der Waals surface area contributed by atoms with E-state index in [1.807, 2.05) is 6.08 Å². The van der Waals surface area contributed by atoms with Crippen LogP contribution in [-0.4, -0.2) is 21.9 Å². The normalized spacial score (nSPS) is 16.6. The van der Waals surface area contributed by atoms with Crippen LogP contribution in [0.4, 0.5) is 24.7 Å². The Bertz CT molecular complexity index is 828. The quantitative estimate of drug-likeness (QED) is 0.792. The number of nitrogens with one attached hydrogen (secondary N) is 2. The molecule has 0 aliphatic carbocycles. The van der Waals surface area contributed by atoms with E-state index in [1.54, 1.807) is 35.6 Å². The van der Waals surface area contributed by atoms with Gasteiger partial charge in [0, 0.05) is 30.5 Å². The van der Waals surface area contributed by atoms with Crippen molar-refractivity contribution in [3.05, 3.63) is 59.7 Å². The molecule has 10 heteroatoms. The fourth-order valence-electron chi connectivity index (χ4n) is 2.43. The van der Waals surface area contributed by atoms with Gasteiger partial charge in [0.05, 0.1) is 10.6 Å². The molecule has 2 aromatic rings. The molecule has 1 aliphatic heterocycles. The highest BCUT2D eigenvalue weighted by molar-refractivity contribution is 6.33. The number of alkyl halides is 3. The van der Waals surface area contributed by atoms with Crippen molar-refractivity contribution in [3.8, 4) is 0 Å². The minimum Gasteiger partial charge on any atom is -0.335 e. The summed E-state index contributed by atoms with van der Waals surface area (Å²) in [6, 6.07) is 3.75. The van der Waals surface area contributed by atoms with Gasteiger partial charge < -0.3 is 4.90 Å². The van der Waals surface area contributed by atoms with Crippen LogP contribution >= 0.6 is 11.6 Å². The van der Waals surface area contributed by atoms with E-state index < -0.39 is 17.8 Å². The third kappa shape index (κ3) is 3.88. The van der Waals surface area contributed by atoms with E-state index in [-0.39, 0.29) is 16.7 Å². The molecule has 1 atom stereocenters. The second kappa shape index (κ2) is 7.20. The molecule has 0 aromatic carbocycles. The SMILES string of the molecule is O=C(NNc1ncc(C(F)(F)F)cc1Cl)C1CC=CN1c1ccncc1. The van der Waals surface area contributed by atoms with Gasteiger partial charge in [-0.3, -0.25) is 20.6 Å². The first-order valence-corrected chi connectivity index (χ1v) is 7.87. The first-order chi connectivity index (χ1) is 12.4. The average molecular weight is 384 g/mol. The Morgan fingerprint density at radius 2 is 2.04 bits per heavy atom. The summed E-state index contributed by atoms with van der Waals surface area (Å²) in [6.07, 6.45) is 3.42. The van der Waals surface area contributed by atoms with Gasteiger partial charge in [-0.1, -0.05) is 17.7 Å². The van der Waals surface area contributed by atoms with Crippen molar-refractivity contribution in [1.29, 1.82) is 0 Å². The number of pyridine rings is 2. The Labute approximate surface area is 151 Å². The molecule has 3 heterocycles. The summed E-state index contributed by atoms with van der Waals surface area (Å²) in [6.45, 7) is 0. The lowest BCUT2D eigenvalue weighted by Crippen LogP contribution is -2.44. The average Bonchev–Trinajstić information content (AvgIpc) is 3.10. The van der Waals surface area contributed by atoms with Crippen molar-refractivity contribution in [2.24, 2.45) is 0 Å². The van der Waals surface area contributed by atoms with Crippen LogP contribution in [0.1, 0.15) is 12.0 Å². The van der Waals surface area contributed by atoms with Gasteiger partial charge in [-0.15, -0.1) is 0 Å². The van der Waals surface area contributed by atoms with Crippen molar-refractivity contribution in [1.82, 2.24) is 15.4 Å². The van der Waals surface area contributed by atoms with E-state index >= 15 is 0 Å². The number of anilines is 2. The van der Waals surface area contributed by atoms with Gasteiger partial charge in [0.25, 0.3) is 5.91 Å². The van der Waals surface area contributed by atoms with E-state index in [0.29, 0.717) is 12.6 Å². The standard InChI is InChI=1S/C16H13ClF3N5O/c17-12-8-10(16(18,19)20)9-22-14(12)23-24-15(26)13-2-1-7-25(13)11-3-5-21-6-4-11/h1,3-9,13H,2H2,(H,22,23)(H,24,26). The summed E-state index contributed by atoms with van der Waals surface area (Å²) in [7, 11) is 0. The summed E-state index contributed by atoms with van der Waals surface area (Å²) in [4.78, 5) is 21.7. The number of halogens is 4. The molecule has 0 spiro atoms. The highest BCUT2D eigenvalue weighted by Gasteiger charge is 2.32. The van der Waals surface area contributed by atoms with Crippen molar-refractivity contribution in [2.75, 3.05) is 10.3 Å². The smallest absolute Gasteiger partial charge is 0.335 e. The maximum absolute atomic E-state index is 12.6. The van der Waals surface area contributed by atoms with E-state index in [1.165, 1.54) is 0 Å². The highest BCUT2D eigenvalue weighted by Crippen LogP contribution is 2.32. The Morgan fingerprint density at radius 3 is 2.69 bits per heavy atom. The van der Waals surface area contributed by atoms with E-state index in [2.05, 4.69) is 20.8 Å². The van der Waals surface area contributed by atoms with Crippen LogP contribution in [0.2, 0.25) is 5.02 Å². The van der Waals surface area contributed by atoms with Crippen molar-refractivity contribution >= 4 is 29.0 Å². The highest BCUT2D eigenvalue weighted by atomic mass is 35.5. The maximum atomic E-state index is 12.6. The number of hydrogen-bond acceptors (Lipinski definition) is 5. The zero-order valence-electron chi connectivity index (χ0n) is 13.2. The first-order valence-electron chi connectivity index (χ1n) is 7.50. The summed E-state index contributed by atoms with van der Waals surface area (Å²) in [5.74, 6) is -0.459. The van der Waals surface area contributed by atoms with Gasteiger partial charge in [0.2, 0.25) is 0 Å². The van der Waals surface area contributed by atoms with Crippen molar-refractivity contribution in [2.45, 2.75) is 18.6 Å². The lowest BCUT2D eigenvalue weighted by atomic mass is 10.2. The second-order valence-corrected chi connectivity index (χ2v) is 5.82. The summed E-state index contributed by atoms with van der Waals surface area (Å²) in [5.41, 5.74) is 4.71. The van der Waals surface area contributed by atoms with E-state index in [4.69, 9.17) is 11.6 Å². The van der Waals surface area contributed by atoms with Crippen molar-refractivity contribution in [3.63, 3.8) is 0 Å². The Balaban J connectivity index is 1.66. The fourth-order valence-corrected chi connectivity index (χ4v) is 2.64. The predicted octanol–water partition coefficient (Wildman–Crippen LogP) is 3.38. The molecule has 1 unspecified atom stereocenters. The number of rotatable bonds is 4. The molecule has 2 N–H and O–H groups in total. The molecule has 0 saturated heterocycles. The van der Waals surface area contributed by atoms with Crippen LogP contribution in [0.15, 0.2) is 49.1 Å². The molecular weight excluding hydrogens is 371 g/mol. The van der Waals surface area contributed by atoms with Crippen LogP contribution in [0.5, 0.6) is 0 Å². The number of hydrazine groups is 1. The molecule has 0 bridgehead atoms. The van der Waals surface area contributed by atoms with Gasteiger partial charge in [-0.05, 0) is 24.6 Å². The molecule has 6 nitrogen and oxygen atoms in total. The Morgan fingerprint density at radius 1 is 1.31 bits per heavy atom. The lowest BCUT2D eigenvalue weighted by molar-refractivity contribution is -0.137. The first kappa shape index (κ1) is 18.0. The zero-order chi connectivity index (χ0) is 18.7. The predicted molar refractivity (Wildman–Crippen MR) is 90.3 cm³/mol. The number of carbonyl (C=O) groups is 1. The van der Waals surface area contributed by atoms with Gasteiger partial charge in [-0.25, -0.2) is 4.98 Å². The van der Waals surface area contributed by atoms with Gasteiger partial charge in [0.15, 0.2) is 5.82 Å². The molecule has 0 radical (unpaired) electrons. The van der Waals surface area contributed by atoms with Gasteiger partial charge >= 0.3 is 6.18 Å². The van der Waals surface area contributed by atoms with E-state index in [0.717, 1.165) is 11.8 Å². The molecule has 1 amide bonds. The van der Waals surface area contributed by atoms with Crippen LogP contribution in [0.3, 0.4) is 0 Å². The molecule has 136 valence electrons. The third-order valence-electron chi connectivity index (χ3n) is 3.70. The molecule has 3 rings (SSSR count). The number of amides is 1. The van der Waals surface area contributed by atoms with Gasteiger partial charge in [0.1, 0.15) is 6.04 Å². The molecule has 2 aromatic heterocycles. The third-order valence-corrected chi connectivity index (χ3v) is 3.99. The van der Waals surface area contributed by atoms with E-state index in [9.17, 15) is 18.0 Å². The van der Waals surface area contributed by atoms with Crippen molar-refractivity contribution < 1.29 is 18.0 Å².